The Morgan fingerprint density at radius 3 is 2.47 bits per heavy atom. The lowest BCUT2D eigenvalue weighted by Gasteiger charge is -2.15. The van der Waals surface area contributed by atoms with E-state index in [0.717, 1.165) is 23.3 Å². The number of hydrogen-bond donors (Lipinski definition) is 1. The second-order valence-corrected chi connectivity index (χ2v) is 6.78. The molecular weight excluding hydrogens is 395 g/mol. The van der Waals surface area contributed by atoms with Gasteiger partial charge in [-0.1, -0.05) is 12.1 Å². The molecule has 1 aromatic heterocycles. The van der Waals surface area contributed by atoms with E-state index >= 15 is 0 Å². The smallest absolute Gasteiger partial charge is 0.296 e. The Morgan fingerprint density at radius 2 is 1.80 bits per heavy atom. The van der Waals surface area contributed by atoms with Crippen molar-refractivity contribution in [2.45, 2.75) is 26.8 Å². The number of aromatic nitrogens is 3. The van der Waals surface area contributed by atoms with Crippen LogP contribution in [-0.2, 0) is 13.0 Å². The predicted octanol–water partition coefficient (Wildman–Crippen LogP) is 3.71. The maximum absolute atomic E-state index is 13.6. The highest BCUT2D eigenvalue weighted by Gasteiger charge is 2.14. The fraction of sp³-hybridized carbons (Fsp3) is 0.238. The van der Waals surface area contributed by atoms with Crippen LogP contribution in [0.15, 0.2) is 40.1 Å². The fourth-order valence-corrected chi connectivity index (χ4v) is 2.83. The number of nitrogens with one attached hydrogen (secondary N) is 1. The lowest BCUT2D eigenvalue weighted by atomic mass is 10.1. The van der Waals surface area contributed by atoms with Crippen molar-refractivity contribution in [2.75, 3.05) is 12.4 Å². The number of halogens is 3. The molecule has 0 radical (unpaired) electrons. The van der Waals surface area contributed by atoms with Crippen LogP contribution in [-0.4, -0.2) is 28.0 Å². The summed E-state index contributed by atoms with van der Waals surface area (Å²) in [6.07, 6.45) is 2.40. The molecular formula is C21H20F3N5O. The molecule has 1 N–H and O–H groups in total. The van der Waals surface area contributed by atoms with Crippen LogP contribution in [0.2, 0.25) is 0 Å². The summed E-state index contributed by atoms with van der Waals surface area (Å²) in [4.78, 5) is 20.0. The Kier molecular flexibility index (Phi) is 6.29. The third-order valence-corrected chi connectivity index (χ3v) is 4.47. The molecule has 0 amide bonds. The summed E-state index contributed by atoms with van der Waals surface area (Å²) < 4.78 is 41.8. The Morgan fingerprint density at radius 1 is 1.10 bits per heavy atom. The van der Waals surface area contributed by atoms with E-state index in [1.54, 1.807) is 13.3 Å². The number of benzene rings is 2. The van der Waals surface area contributed by atoms with E-state index in [1.165, 1.54) is 11.6 Å². The molecule has 1 heterocycles. The van der Waals surface area contributed by atoms with Gasteiger partial charge in [-0.15, -0.1) is 0 Å². The lowest BCUT2D eigenvalue weighted by molar-refractivity contribution is 0.444. The lowest BCUT2D eigenvalue weighted by Crippen LogP contribution is -2.23. The number of nitrogens with zero attached hydrogens (tertiary/aromatic N) is 4. The number of aliphatic imine (C=N–C) groups is 1. The first-order valence-corrected chi connectivity index (χ1v) is 9.15. The molecule has 3 aromatic rings. The van der Waals surface area contributed by atoms with E-state index in [4.69, 9.17) is 0 Å². The fourth-order valence-electron chi connectivity index (χ4n) is 2.83. The molecule has 3 rings (SSSR count). The minimum absolute atomic E-state index is 0.0974. The van der Waals surface area contributed by atoms with Gasteiger partial charge >= 0.3 is 0 Å². The molecule has 0 saturated heterocycles. The molecule has 0 spiro atoms. The summed E-state index contributed by atoms with van der Waals surface area (Å²) in [5.41, 5.74) is 2.30. The molecule has 0 fully saturated rings. The zero-order valence-electron chi connectivity index (χ0n) is 16.7. The van der Waals surface area contributed by atoms with Crippen molar-refractivity contribution in [3.05, 3.63) is 80.5 Å². The highest BCUT2D eigenvalue weighted by atomic mass is 19.2. The number of hydrogen-bond acceptors (Lipinski definition) is 5. The topological polar surface area (TPSA) is 72.2 Å². The second-order valence-electron chi connectivity index (χ2n) is 6.78. The highest BCUT2D eigenvalue weighted by Crippen LogP contribution is 2.22. The minimum Gasteiger partial charge on any atom is -0.324 e. The maximum Gasteiger partial charge on any atom is 0.296 e. The van der Waals surface area contributed by atoms with E-state index in [2.05, 4.69) is 20.4 Å². The molecule has 30 heavy (non-hydrogen) atoms. The molecule has 6 nitrogen and oxygen atoms in total. The summed E-state index contributed by atoms with van der Waals surface area (Å²) in [6.45, 7) is 3.25. The molecule has 156 valence electrons. The molecule has 0 saturated carbocycles. The van der Waals surface area contributed by atoms with Gasteiger partial charge in [-0.05, 0) is 48.7 Å². The van der Waals surface area contributed by atoms with Gasteiger partial charge in [0.25, 0.3) is 5.56 Å². The second kappa shape index (κ2) is 8.89. The van der Waals surface area contributed by atoms with Crippen LogP contribution in [0.3, 0.4) is 0 Å². The van der Waals surface area contributed by atoms with Crippen molar-refractivity contribution in [2.24, 2.45) is 4.99 Å². The molecule has 0 unspecified atom stereocenters. The van der Waals surface area contributed by atoms with Crippen LogP contribution >= 0.6 is 0 Å². The number of aryl methyl sites for hydroxylation is 2. The van der Waals surface area contributed by atoms with E-state index in [1.807, 2.05) is 25.1 Å². The Labute approximate surface area is 171 Å². The van der Waals surface area contributed by atoms with Gasteiger partial charge in [0.1, 0.15) is 5.69 Å². The van der Waals surface area contributed by atoms with Gasteiger partial charge < -0.3 is 10.3 Å². The first-order valence-electron chi connectivity index (χ1n) is 9.15. The normalized spacial score (nSPS) is 11.3. The Bertz CT molecular complexity index is 1150. The van der Waals surface area contributed by atoms with Gasteiger partial charge in [0, 0.05) is 25.4 Å². The van der Waals surface area contributed by atoms with Gasteiger partial charge in [-0.2, -0.15) is 10.1 Å². The van der Waals surface area contributed by atoms with Crippen LogP contribution in [0, 0.1) is 31.3 Å². The van der Waals surface area contributed by atoms with Crippen molar-refractivity contribution in [1.29, 1.82) is 0 Å². The van der Waals surface area contributed by atoms with Crippen molar-refractivity contribution in [3.8, 4) is 0 Å². The summed E-state index contributed by atoms with van der Waals surface area (Å²) in [5.74, 6) is -4.04. The zero-order valence-corrected chi connectivity index (χ0v) is 16.7. The SMILES string of the molecule is CN=CCc1ccc(C)c(Nc2nc(=O)c(C)nn2Cc2cc(F)c(F)c(F)c2)c1. The third kappa shape index (κ3) is 4.73. The first-order chi connectivity index (χ1) is 14.3. The molecule has 0 bridgehead atoms. The highest BCUT2D eigenvalue weighted by molar-refractivity contribution is 5.65. The average molecular weight is 415 g/mol. The van der Waals surface area contributed by atoms with Gasteiger partial charge in [-0.3, -0.25) is 4.79 Å². The van der Waals surface area contributed by atoms with E-state index in [0.29, 0.717) is 12.1 Å². The van der Waals surface area contributed by atoms with Crippen LogP contribution in [0.25, 0.3) is 0 Å². The molecule has 0 aliphatic heterocycles. The van der Waals surface area contributed by atoms with Crippen molar-refractivity contribution in [3.63, 3.8) is 0 Å². The minimum atomic E-state index is -1.54. The van der Waals surface area contributed by atoms with Crippen molar-refractivity contribution in [1.82, 2.24) is 14.8 Å². The third-order valence-electron chi connectivity index (χ3n) is 4.47. The summed E-state index contributed by atoms with van der Waals surface area (Å²) in [5, 5.41) is 7.24. The molecule has 0 aliphatic carbocycles. The quantitative estimate of drug-likeness (QED) is 0.492. The average Bonchev–Trinajstić information content (AvgIpc) is 2.70. The van der Waals surface area contributed by atoms with E-state index < -0.39 is 23.0 Å². The van der Waals surface area contributed by atoms with Crippen LogP contribution in [0.5, 0.6) is 0 Å². The first kappa shape index (κ1) is 21.2. The zero-order chi connectivity index (χ0) is 21.8. The van der Waals surface area contributed by atoms with Crippen LogP contribution in [0.4, 0.5) is 24.8 Å². The van der Waals surface area contributed by atoms with E-state index in [-0.39, 0.29) is 23.8 Å². The Balaban J connectivity index is 2.00. The predicted molar refractivity (Wildman–Crippen MR) is 109 cm³/mol. The standard InChI is InChI=1S/C21H20F3N5O/c1-12-4-5-14(6-7-25-3)10-18(12)26-21-27-20(30)13(2)28-29(21)11-15-8-16(22)19(24)17(23)9-15/h4-5,7-10H,6,11H2,1-3H3,(H,26,27,30). The summed E-state index contributed by atoms with van der Waals surface area (Å²) >= 11 is 0. The van der Waals surface area contributed by atoms with Gasteiger partial charge in [0.2, 0.25) is 5.95 Å². The van der Waals surface area contributed by atoms with Gasteiger partial charge in [0.05, 0.1) is 6.54 Å². The monoisotopic (exact) mass is 415 g/mol. The molecule has 2 aromatic carbocycles. The molecule has 0 aliphatic rings. The summed E-state index contributed by atoms with van der Waals surface area (Å²) in [6, 6.07) is 7.53. The Hall–Kier alpha value is -3.49. The van der Waals surface area contributed by atoms with E-state index in [9.17, 15) is 18.0 Å². The van der Waals surface area contributed by atoms with Gasteiger partial charge in [0.15, 0.2) is 17.5 Å². The van der Waals surface area contributed by atoms with Crippen LogP contribution < -0.4 is 10.9 Å². The van der Waals surface area contributed by atoms with Crippen molar-refractivity contribution < 1.29 is 13.2 Å². The summed E-state index contributed by atoms with van der Waals surface area (Å²) in [7, 11) is 1.69. The van der Waals surface area contributed by atoms with Gasteiger partial charge in [-0.25, -0.2) is 17.9 Å². The maximum atomic E-state index is 13.6. The largest absolute Gasteiger partial charge is 0.324 e. The molecule has 0 atom stereocenters. The number of rotatable bonds is 6. The van der Waals surface area contributed by atoms with Crippen molar-refractivity contribution >= 4 is 17.9 Å². The van der Waals surface area contributed by atoms with Crippen LogP contribution in [0.1, 0.15) is 22.4 Å². The molecule has 9 heteroatoms. The number of anilines is 2.